The highest BCUT2D eigenvalue weighted by Gasteiger charge is 2.08. The summed E-state index contributed by atoms with van der Waals surface area (Å²) in [6.45, 7) is 4.33. The Morgan fingerprint density at radius 3 is 2.62 bits per heavy atom. The molecule has 0 heterocycles. The van der Waals surface area contributed by atoms with Crippen molar-refractivity contribution in [1.82, 2.24) is 5.32 Å². The van der Waals surface area contributed by atoms with Crippen LogP contribution < -0.4 is 10.1 Å². The Morgan fingerprint density at radius 2 is 2.06 bits per heavy atom. The normalized spacial score (nSPS) is 10.2. The molecule has 0 aliphatic rings. The monoisotopic (exact) mass is 221 g/mol. The van der Waals surface area contributed by atoms with E-state index in [1.54, 1.807) is 13.1 Å². The van der Waals surface area contributed by atoms with E-state index in [0.29, 0.717) is 11.7 Å². The number of rotatable bonds is 4. The first kappa shape index (κ1) is 12.6. The van der Waals surface area contributed by atoms with E-state index in [1.807, 2.05) is 12.1 Å². The fourth-order valence-electron chi connectivity index (χ4n) is 1.75. The van der Waals surface area contributed by atoms with Gasteiger partial charge in [-0.25, -0.2) is 4.79 Å². The molecule has 0 aliphatic heterocycles. The number of nitrogens with one attached hydrogen (secondary N) is 1. The molecule has 0 saturated carbocycles. The van der Waals surface area contributed by atoms with Gasteiger partial charge in [-0.2, -0.15) is 0 Å². The summed E-state index contributed by atoms with van der Waals surface area (Å²) in [4.78, 5) is 11.1. The number of amides is 1. The maximum Gasteiger partial charge on any atom is 0.412 e. The fraction of sp³-hybridized carbons (Fsp3) is 0.462. The second kappa shape index (κ2) is 6.16. The Hall–Kier alpha value is -1.51. The Bertz CT molecular complexity index is 346. The van der Waals surface area contributed by atoms with Gasteiger partial charge in [0.2, 0.25) is 0 Å². The maximum atomic E-state index is 11.1. The van der Waals surface area contributed by atoms with Gasteiger partial charge < -0.3 is 10.1 Å². The molecule has 0 aromatic heterocycles. The van der Waals surface area contributed by atoms with Gasteiger partial charge in [0.25, 0.3) is 0 Å². The quantitative estimate of drug-likeness (QED) is 0.847. The van der Waals surface area contributed by atoms with E-state index in [1.165, 1.54) is 5.56 Å². The van der Waals surface area contributed by atoms with Crippen LogP contribution >= 0.6 is 0 Å². The van der Waals surface area contributed by atoms with Crippen molar-refractivity contribution >= 4 is 6.09 Å². The first-order chi connectivity index (χ1) is 7.71. The SMILES string of the molecule is CCC(CC)c1cccc(OC(=O)NC)c1. The summed E-state index contributed by atoms with van der Waals surface area (Å²) in [5.41, 5.74) is 1.23. The zero-order valence-electron chi connectivity index (χ0n) is 10.1. The largest absolute Gasteiger partial charge is 0.412 e. The Labute approximate surface area is 96.8 Å². The minimum absolute atomic E-state index is 0.429. The maximum absolute atomic E-state index is 11.1. The number of carbonyl (C=O) groups is 1. The summed E-state index contributed by atoms with van der Waals surface area (Å²) >= 11 is 0. The third-order valence-corrected chi connectivity index (χ3v) is 2.73. The lowest BCUT2D eigenvalue weighted by molar-refractivity contribution is 0.203. The van der Waals surface area contributed by atoms with Gasteiger partial charge in [0, 0.05) is 7.05 Å². The van der Waals surface area contributed by atoms with E-state index in [4.69, 9.17) is 4.74 Å². The summed E-state index contributed by atoms with van der Waals surface area (Å²) in [7, 11) is 1.55. The third-order valence-electron chi connectivity index (χ3n) is 2.73. The summed E-state index contributed by atoms with van der Waals surface area (Å²) in [6, 6.07) is 7.73. The van der Waals surface area contributed by atoms with Gasteiger partial charge in [-0.15, -0.1) is 0 Å². The smallest absolute Gasteiger partial charge is 0.410 e. The van der Waals surface area contributed by atoms with Gasteiger partial charge in [-0.3, -0.25) is 0 Å². The van der Waals surface area contributed by atoms with E-state index in [2.05, 4.69) is 25.2 Å². The molecule has 0 fully saturated rings. The Morgan fingerprint density at radius 1 is 1.38 bits per heavy atom. The van der Waals surface area contributed by atoms with Crippen LogP contribution in [0.15, 0.2) is 24.3 Å². The predicted molar refractivity (Wildman–Crippen MR) is 64.8 cm³/mol. The van der Waals surface area contributed by atoms with Gasteiger partial charge in [-0.05, 0) is 36.5 Å². The van der Waals surface area contributed by atoms with E-state index >= 15 is 0 Å². The van der Waals surface area contributed by atoms with E-state index in [0.717, 1.165) is 12.8 Å². The molecule has 0 unspecified atom stereocenters. The second-order valence-electron chi connectivity index (χ2n) is 3.73. The Balaban J connectivity index is 2.81. The van der Waals surface area contributed by atoms with Gasteiger partial charge in [0.15, 0.2) is 0 Å². The van der Waals surface area contributed by atoms with Crippen LogP contribution in [-0.4, -0.2) is 13.1 Å². The molecule has 1 rings (SSSR count). The highest BCUT2D eigenvalue weighted by molar-refractivity contribution is 5.69. The lowest BCUT2D eigenvalue weighted by Crippen LogP contribution is -2.22. The van der Waals surface area contributed by atoms with Crippen molar-refractivity contribution in [3.05, 3.63) is 29.8 Å². The molecule has 3 nitrogen and oxygen atoms in total. The minimum atomic E-state index is -0.429. The number of benzene rings is 1. The molecule has 1 aromatic carbocycles. The molecule has 0 saturated heterocycles. The topological polar surface area (TPSA) is 38.3 Å². The van der Waals surface area contributed by atoms with Gasteiger partial charge in [-0.1, -0.05) is 26.0 Å². The molecule has 1 amide bonds. The van der Waals surface area contributed by atoms with Crippen molar-refractivity contribution < 1.29 is 9.53 Å². The molecule has 0 spiro atoms. The average Bonchev–Trinajstić information content (AvgIpc) is 2.31. The lowest BCUT2D eigenvalue weighted by Gasteiger charge is -2.13. The zero-order chi connectivity index (χ0) is 12.0. The summed E-state index contributed by atoms with van der Waals surface area (Å²) in [5, 5.41) is 2.43. The molecular formula is C13H19NO2. The molecular weight excluding hydrogens is 202 g/mol. The van der Waals surface area contributed by atoms with Crippen LogP contribution in [0, 0.1) is 0 Å². The van der Waals surface area contributed by atoms with Crippen LogP contribution in [0.5, 0.6) is 5.75 Å². The van der Waals surface area contributed by atoms with E-state index in [-0.39, 0.29) is 0 Å². The number of hydrogen-bond donors (Lipinski definition) is 1. The van der Waals surface area contributed by atoms with E-state index < -0.39 is 6.09 Å². The van der Waals surface area contributed by atoms with Crippen LogP contribution in [0.3, 0.4) is 0 Å². The fourth-order valence-corrected chi connectivity index (χ4v) is 1.75. The van der Waals surface area contributed by atoms with Crippen molar-refractivity contribution in [2.45, 2.75) is 32.6 Å². The van der Waals surface area contributed by atoms with Crippen LogP contribution in [0.1, 0.15) is 38.2 Å². The van der Waals surface area contributed by atoms with Crippen LogP contribution in [0.2, 0.25) is 0 Å². The summed E-state index contributed by atoms with van der Waals surface area (Å²) < 4.78 is 5.09. The van der Waals surface area contributed by atoms with Crippen LogP contribution in [-0.2, 0) is 0 Å². The minimum Gasteiger partial charge on any atom is -0.410 e. The standard InChI is InChI=1S/C13H19NO2/c1-4-10(5-2)11-7-6-8-12(9-11)16-13(15)14-3/h6-10H,4-5H2,1-3H3,(H,14,15). The van der Waals surface area contributed by atoms with Crippen LogP contribution in [0.4, 0.5) is 4.79 Å². The summed E-state index contributed by atoms with van der Waals surface area (Å²) in [5.74, 6) is 1.14. The highest BCUT2D eigenvalue weighted by Crippen LogP contribution is 2.25. The summed E-state index contributed by atoms with van der Waals surface area (Å²) in [6.07, 6.45) is 1.77. The van der Waals surface area contributed by atoms with Crippen molar-refractivity contribution in [3.8, 4) is 5.75 Å². The third kappa shape index (κ3) is 3.26. The molecule has 1 aromatic rings. The molecule has 3 heteroatoms. The van der Waals surface area contributed by atoms with Gasteiger partial charge >= 0.3 is 6.09 Å². The lowest BCUT2D eigenvalue weighted by atomic mass is 9.94. The highest BCUT2D eigenvalue weighted by atomic mass is 16.5. The molecule has 88 valence electrons. The van der Waals surface area contributed by atoms with Crippen LogP contribution in [0.25, 0.3) is 0 Å². The van der Waals surface area contributed by atoms with Gasteiger partial charge in [0.1, 0.15) is 5.75 Å². The predicted octanol–water partition coefficient (Wildman–Crippen LogP) is 3.31. The average molecular weight is 221 g/mol. The molecule has 0 aliphatic carbocycles. The number of hydrogen-bond acceptors (Lipinski definition) is 2. The van der Waals surface area contributed by atoms with Crippen molar-refractivity contribution in [3.63, 3.8) is 0 Å². The molecule has 0 atom stereocenters. The number of carbonyl (C=O) groups excluding carboxylic acids is 1. The first-order valence-corrected chi connectivity index (χ1v) is 5.70. The van der Waals surface area contributed by atoms with E-state index in [9.17, 15) is 4.79 Å². The zero-order valence-corrected chi connectivity index (χ0v) is 10.1. The molecule has 1 N–H and O–H groups in total. The molecule has 0 bridgehead atoms. The van der Waals surface area contributed by atoms with Crippen molar-refractivity contribution in [2.24, 2.45) is 0 Å². The Kier molecular flexibility index (Phi) is 4.83. The number of ether oxygens (including phenoxy) is 1. The first-order valence-electron chi connectivity index (χ1n) is 5.70. The van der Waals surface area contributed by atoms with Crippen molar-refractivity contribution in [2.75, 3.05) is 7.05 Å². The van der Waals surface area contributed by atoms with Crippen molar-refractivity contribution in [1.29, 1.82) is 0 Å². The molecule has 16 heavy (non-hydrogen) atoms. The van der Waals surface area contributed by atoms with Gasteiger partial charge in [0.05, 0.1) is 0 Å². The second-order valence-corrected chi connectivity index (χ2v) is 3.73. The molecule has 0 radical (unpaired) electrons.